The van der Waals surface area contributed by atoms with Gasteiger partial charge in [-0.3, -0.25) is 9.69 Å². The predicted molar refractivity (Wildman–Crippen MR) is 72.3 cm³/mol. The molecule has 1 heterocycles. The number of carbonyl (C=O) groups excluding carboxylic acids is 1. The molecular formula is C11H7ClFNOS2. The van der Waals surface area contributed by atoms with Crippen LogP contribution in [0.4, 0.5) is 4.39 Å². The zero-order chi connectivity index (χ0) is 12.6. The fraction of sp³-hybridized carbons (Fsp3) is 0.0909. The first kappa shape index (κ1) is 12.5. The smallest absolute Gasteiger partial charge is 0.265 e. The van der Waals surface area contributed by atoms with Gasteiger partial charge in [0.05, 0.1) is 9.93 Å². The van der Waals surface area contributed by atoms with Gasteiger partial charge in [-0.15, -0.1) is 0 Å². The van der Waals surface area contributed by atoms with E-state index in [-0.39, 0.29) is 16.5 Å². The van der Waals surface area contributed by atoms with Crippen molar-refractivity contribution in [1.82, 2.24) is 4.90 Å². The Hall–Kier alpha value is -0.910. The predicted octanol–water partition coefficient (Wildman–Crippen LogP) is 3.31. The van der Waals surface area contributed by atoms with Crippen LogP contribution in [0, 0.1) is 5.82 Å². The van der Waals surface area contributed by atoms with Crippen LogP contribution in [-0.2, 0) is 4.79 Å². The summed E-state index contributed by atoms with van der Waals surface area (Å²) in [6, 6.07) is 4.38. The summed E-state index contributed by atoms with van der Waals surface area (Å²) in [4.78, 5) is 13.5. The van der Waals surface area contributed by atoms with Crippen molar-refractivity contribution >= 4 is 51.9 Å². The number of carbonyl (C=O) groups is 1. The summed E-state index contributed by atoms with van der Waals surface area (Å²) in [6.45, 7) is 0. The number of rotatable bonds is 1. The van der Waals surface area contributed by atoms with E-state index >= 15 is 0 Å². The van der Waals surface area contributed by atoms with E-state index in [1.165, 1.54) is 23.1 Å². The molecule has 1 saturated heterocycles. The van der Waals surface area contributed by atoms with Crippen LogP contribution in [0.1, 0.15) is 5.56 Å². The molecule has 0 spiro atoms. The molecule has 1 aromatic rings. The number of amides is 1. The van der Waals surface area contributed by atoms with Crippen LogP contribution in [0.5, 0.6) is 0 Å². The standard InChI is InChI=1S/C11H7ClFNOS2/c1-14-10(15)9(17-11(14)16)5-6-7(12)3-2-4-8(6)13/h2-5H,1H3. The minimum atomic E-state index is -0.459. The average molecular weight is 288 g/mol. The molecule has 0 unspecified atom stereocenters. The average Bonchev–Trinajstić information content (AvgIpc) is 2.52. The van der Waals surface area contributed by atoms with Crippen molar-refractivity contribution in [3.05, 3.63) is 39.5 Å². The molecule has 1 aliphatic heterocycles. The first-order chi connectivity index (χ1) is 8.00. The zero-order valence-corrected chi connectivity index (χ0v) is 11.1. The third-order valence-electron chi connectivity index (χ3n) is 2.26. The molecule has 88 valence electrons. The van der Waals surface area contributed by atoms with Gasteiger partial charge in [-0.25, -0.2) is 4.39 Å². The van der Waals surface area contributed by atoms with E-state index in [1.807, 2.05) is 0 Å². The van der Waals surface area contributed by atoms with Crippen LogP contribution in [0.3, 0.4) is 0 Å². The zero-order valence-electron chi connectivity index (χ0n) is 8.74. The number of halogens is 2. The number of nitrogens with zero attached hydrogens (tertiary/aromatic N) is 1. The number of likely N-dealkylation sites (N-methyl/N-ethyl adjacent to an activating group) is 1. The van der Waals surface area contributed by atoms with Gasteiger partial charge in [0.25, 0.3) is 5.91 Å². The van der Waals surface area contributed by atoms with Crippen LogP contribution in [-0.4, -0.2) is 22.2 Å². The molecule has 0 saturated carbocycles. The molecule has 2 rings (SSSR count). The second-order valence-corrected chi connectivity index (χ2v) is 5.46. The maximum Gasteiger partial charge on any atom is 0.265 e. The summed E-state index contributed by atoms with van der Waals surface area (Å²) in [7, 11) is 1.58. The Morgan fingerprint density at radius 2 is 2.24 bits per heavy atom. The van der Waals surface area contributed by atoms with Crippen LogP contribution in [0.25, 0.3) is 6.08 Å². The Bertz CT molecular complexity index is 524. The molecule has 0 bridgehead atoms. The van der Waals surface area contributed by atoms with Gasteiger partial charge in [-0.05, 0) is 18.2 Å². The molecule has 1 fully saturated rings. The maximum absolute atomic E-state index is 13.5. The Kier molecular flexibility index (Phi) is 3.51. The lowest BCUT2D eigenvalue weighted by atomic mass is 10.2. The number of hydrogen-bond donors (Lipinski definition) is 0. The van der Waals surface area contributed by atoms with Crippen molar-refractivity contribution in [2.75, 3.05) is 7.05 Å². The first-order valence-corrected chi connectivity index (χ1v) is 6.26. The molecule has 0 aliphatic carbocycles. The molecule has 0 atom stereocenters. The molecule has 17 heavy (non-hydrogen) atoms. The Balaban J connectivity index is 2.44. The third kappa shape index (κ3) is 2.36. The number of thiocarbonyl (C=S) groups is 1. The van der Waals surface area contributed by atoms with E-state index in [2.05, 4.69) is 0 Å². The lowest BCUT2D eigenvalue weighted by Crippen LogP contribution is -2.22. The van der Waals surface area contributed by atoms with Gasteiger partial charge >= 0.3 is 0 Å². The second kappa shape index (κ2) is 4.76. The van der Waals surface area contributed by atoms with E-state index in [9.17, 15) is 9.18 Å². The topological polar surface area (TPSA) is 20.3 Å². The van der Waals surface area contributed by atoms with Crippen LogP contribution >= 0.6 is 35.6 Å². The highest BCUT2D eigenvalue weighted by atomic mass is 35.5. The highest BCUT2D eigenvalue weighted by Crippen LogP contribution is 2.33. The summed E-state index contributed by atoms with van der Waals surface area (Å²) in [5, 5.41) is 0.270. The molecule has 1 aliphatic rings. The van der Waals surface area contributed by atoms with Crippen LogP contribution in [0.15, 0.2) is 23.1 Å². The van der Waals surface area contributed by atoms with E-state index in [1.54, 1.807) is 13.1 Å². The van der Waals surface area contributed by atoms with Crippen molar-refractivity contribution in [2.45, 2.75) is 0 Å². The molecular weight excluding hydrogens is 281 g/mol. The fourth-order valence-electron chi connectivity index (χ4n) is 1.33. The largest absolute Gasteiger partial charge is 0.296 e. The quantitative estimate of drug-likeness (QED) is 0.584. The van der Waals surface area contributed by atoms with Gasteiger partial charge in [-0.2, -0.15) is 0 Å². The fourth-order valence-corrected chi connectivity index (χ4v) is 2.70. The van der Waals surface area contributed by atoms with Crippen molar-refractivity contribution in [3.8, 4) is 0 Å². The molecule has 0 N–H and O–H groups in total. The van der Waals surface area contributed by atoms with Crippen LogP contribution < -0.4 is 0 Å². The van der Waals surface area contributed by atoms with Gasteiger partial charge in [0.15, 0.2) is 0 Å². The summed E-state index contributed by atoms with van der Waals surface area (Å²) in [5.74, 6) is -0.696. The van der Waals surface area contributed by atoms with Gasteiger partial charge in [0, 0.05) is 12.6 Å². The van der Waals surface area contributed by atoms with Gasteiger partial charge in [0.1, 0.15) is 10.1 Å². The van der Waals surface area contributed by atoms with E-state index in [0.717, 1.165) is 11.8 Å². The summed E-state index contributed by atoms with van der Waals surface area (Å²) in [6.07, 6.45) is 1.43. The molecule has 1 aromatic carbocycles. The van der Waals surface area contributed by atoms with Crippen molar-refractivity contribution < 1.29 is 9.18 Å². The third-order valence-corrected chi connectivity index (χ3v) is 4.08. The number of benzene rings is 1. The second-order valence-electron chi connectivity index (χ2n) is 3.38. The number of hydrogen-bond acceptors (Lipinski definition) is 3. The van der Waals surface area contributed by atoms with E-state index in [4.69, 9.17) is 23.8 Å². The normalized spacial score (nSPS) is 18.3. The lowest BCUT2D eigenvalue weighted by Gasteiger charge is -2.04. The summed E-state index contributed by atoms with van der Waals surface area (Å²) in [5.41, 5.74) is 0.211. The Morgan fingerprint density at radius 1 is 1.53 bits per heavy atom. The highest BCUT2D eigenvalue weighted by Gasteiger charge is 2.29. The minimum absolute atomic E-state index is 0.211. The molecule has 6 heteroatoms. The van der Waals surface area contributed by atoms with Crippen LogP contribution in [0.2, 0.25) is 5.02 Å². The van der Waals surface area contributed by atoms with Gasteiger partial charge in [0.2, 0.25) is 0 Å². The highest BCUT2D eigenvalue weighted by molar-refractivity contribution is 8.26. The Morgan fingerprint density at radius 3 is 2.76 bits per heavy atom. The monoisotopic (exact) mass is 287 g/mol. The van der Waals surface area contributed by atoms with Crippen molar-refractivity contribution in [2.24, 2.45) is 0 Å². The van der Waals surface area contributed by atoms with E-state index in [0.29, 0.717) is 9.23 Å². The molecule has 0 radical (unpaired) electrons. The van der Waals surface area contributed by atoms with Crippen molar-refractivity contribution in [3.63, 3.8) is 0 Å². The van der Waals surface area contributed by atoms with Crippen molar-refractivity contribution in [1.29, 1.82) is 0 Å². The van der Waals surface area contributed by atoms with Gasteiger partial charge < -0.3 is 0 Å². The molecule has 2 nitrogen and oxygen atoms in total. The number of thioether (sulfide) groups is 1. The molecule has 0 aromatic heterocycles. The SMILES string of the molecule is CN1C(=O)C(=Cc2c(F)cccc2Cl)SC1=S. The minimum Gasteiger partial charge on any atom is -0.296 e. The lowest BCUT2D eigenvalue weighted by molar-refractivity contribution is -0.121. The summed E-state index contributed by atoms with van der Waals surface area (Å²) >= 11 is 12.0. The molecule has 1 amide bonds. The summed E-state index contributed by atoms with van der Waals surface area (Å²) < 4.78 is 14.0. The maximum atomic E-state index is 13.5. The Labute approximate surface area is 112 Å². The first-order valence-electron chi connectivity index (χ1n) is 4.66. The van der Waals surface area contributed by atoms with E-state index < -0.39 is 5.82 Å². The van der Waals surface area contributed by atoms with Gasteiger partial charge in [-0.1, -0.05) is 41.6 Å².